The molecule has 1 amide bonds. The molecule has 1 aromatic carbocycles. The molecule has 0 bridgehead atoms. The number of methoxy groups -OCH3 is 1. The van der Waals surface area contributed by atoms with Gasteiger partial charge in [-0.1, -0.05) is 24.6 Å². The second-order valence-corrected chi connectivity index (χ2v) is 10.0. The number of ether oxygens (including phenoxy) is 1. The molecule has 162 valence electrons. The molecule has 0 spiro atoms. The quantitative estimate of drug-likeness (QED) is 0.726. The number of hydrogen-bond acceptors (Lipinski definition) is 5. The number of hydrogen-bond donors (Lipinski definition) is 1. The van der Waals surface area contributed by atoms with Crippen molar-refractivity contribution in [2.24, 2.45) is 5.92 Å². The number of piperidine rings is 2. The maximum atomic E-state index is 12.8. The average molecular weight is 424 g/mol. The molecule has 0 saturated carbocycles. The van der Waals surface area contributed by atoms with Gasteiger partial charge in [-0.25, -0.2) is 12.7 Å². The summed E-state index contributed by atoms with van der Waals surface area (Å²) in [4.78, 5) is 15.2. The normalized spacial score (nSPS) is 20.9. The standard InChI is InChI=1S/C21H33N3O4S/c1-28-20-9-5-4-8-18(20)19(23-12-6-3-7-13-23)16-22-21(25)17-10-14-24(15-11-17)29(2,26)27/h4-5,8-9,17,19H,3,6-7,10-16H2,1-2H3,(H,22,25). The third kappa shape index (κ3) is 5.71. The summed E-state index contributed by atoms with van der Waals surface area (Å²) in [6.45, 7) is 3.40. The summed E-state index contributed by atoms with van der Waals surface area (Å²) in [6.07, 6.45) is 5.96. The van der Waals surface area contributed by atoms with E-state index < -0.39 is 10.0 Å². The van der Waals surface area contributed by atoms with Crippen LogP contribution in [-0.4, -0.2) is 69.6 Å². The van der Waals surface area contributed by atoms with Crippen LogP contribution in [0.1, 0.15) is 43.7 Å². The smallest absolute Gasteiger partial charge is 0.223 e. The van der Waals surface area contributed by atoms with Crippen LogP contribution in [0.4, 0.5) is 0 Å². The van der Waals surface area contributed by atoms with Gasteiger partial charge < -0.3 is 10.1 Å². The molecule has 0 aliphatic carbocycles. The number of para-hydroxylation sites is 1. The van der Waals surface area contributed by atoms with Gasteiger partial charge >= 0.3 is 0 Å². The molecule has 1 unspecified atom stereocenters. The van der Waals surface area contributed by atoms with Crippen molar-refractivity contribution in [2.45, 2.75) is 38.1 Å². The summed E-state index contributed by atoms with van der Waals surface area (Å²) in [5.74, 6) is 0.738. The van der Waals surface area contributed by atoms with Gasteiger partial charge in [-0.2, -0.15) is 0 Å². The van der Waals surface area contributed by atoms with Crippen LogP contribution in [0.25, 0.3) is 0 Å². The van der Waals surface area contributed by atoms with Gasteiger partial charge in [0.2, 0.25) is 15.9 Å². The third-order valence-corrected chi connectivity index (χ3v) is 7.40. The van der Waals surface area contributed by atoms with E-state index in [1.165, 1.54) is 29.8 Å². The maximum Gasteiger partial charge on any atom is 0.223 e. The maximum absolute atomic E-state index is 12.8. The number of likely N-dealkylation sites (tertiary alicyclic amines) is 1. The Morgan fingerprint density at radius 1 is 1.14 bits per heavy atom. The molecular formula is C21H33N3O4S. The zero-order valence-corrected chi connectivity index (χ0v) is 18.3. The molecule has 1 N–H and O–H groups in total. The number of nitrogens with zero attached hydrogens (tertiary/aromatic N) is 2. The Hall–Kier alpha value is -1.64. The van der Waals surface area contributed by atoms with Crippen LogP contribution in [0.15, 0.2) is 24.3 Å². The second kappa shape index (κ2) is 9.91. The molecule has 8 heteroatoms. The molecule has 1 atom stereocenters. The summed E-state index contributed by atoms with van der Waals surface area (Å²) in [5, 5.41) is 3.15. The number of amides is 1. The van der Waals surface area contributed by atoms with E-state index in [9.17, 15) is 13.2 Å². The minimum absolute atomic E-state index is 0.0232. The number of carbonyl (C=O) groups excluding carboxylic acids is 1. The lowest BCUT2D eigenvalue weighted by Crippen LogP contribution is -2.45. The Morgan fingerprint density at radius 3 is 2.41 bits per heavy atom. The van der Waals surface area contributed by atoms with Gasteiger partial charge in [0.15, 0.2) is 0 Å². The van der Waals surface area contributed by atoms with E-state index in [-0.39, 0.29) is 17.9 Å². The molecule has 2 aliphatic rings. The van der Waals surface area contributed by atoms with E-state index in [1.807, 2.05) is 18.2 Å². The Balaban J connectivity index is 1.65. The number of carbonyl (C=O) groups is 1. The Bertz CT molecular complexity index is 785. The van der Waals surface area contributed by atoms with Crippen molar-refractivity contribution in [2.75, 3.05) is 46.1 Å². The van der Waals surface area contributed by atoms with Crippen molar-refractivity contribution >= 4 is 15.9 Å². The molecule has 2 aliphatic heterocycles. The van der Waals surface area contributed by atoms with E-state index in [2.05, 4.69) is 16.3 Å². The molecule has 2 heterocycles. The summed E-state index contributed by atoms with van der Waals surface area (Å²) in [5.41, 5.74) is 1.10. The predicted octanol–water partition coefficient (Wildman–Crippen LogP) is 2.01. The highest BCUT2D eigenvalue weighted by molar-refractivity contribution is 7.88. The average Bonchev–Trinajstić information content (AvgIpc) is 2.74. The van der Waals surface area contributed by atoms with Crippen molar-refractivity contribution < 1.29 is 17.9 Å². The van der Waals surface area contributed by atoms with Crippen molar-refractivity contribution in [1.29, 1.82) is 0 Å². The van der Waals surface area contributed by atoms with E-state index in [0.717, 1.165) is 24.4 Å². The van der Waals surface area contributed by atoms with Gasteiger partial charge in [0.1, 0.15) is 5.75 Å². The number of nitrogens with one attached hydrogen (secondary N) is 1. The minimum Gasteiger partial charge on any atom is -0.496 e. The highest BCUT2D eigenvalue weighted by Crippen LogP contribution is 2.31. The Labute approximate surface area is 174 Å². The first kappa shape index (κ1) is 22.1. The molecule has 3 rings (SSSR count). The third-order valence-electron chi connectivity index (χ3n) is 6.09. The highest BCUT2D eigenvalue weighted by Gasteiger charge is 2.30. The molecule has 0 aromatic heterocycles. The fourth-order valence-electron chi connectivity index (χ4n) is 4.40. The van der Waals surface area contributed by atoms with Crippen LogP contribution in [0.3, 0.4) is 0 Å². The van der Waals surface area contributed by atoms with E-state index in [0.29, 0.717) is 32.5 Å². The monoisotopic (exact) mass is 423 g/mol. The van der Waals surface area contributed by atoms with E-state index >= 15 is 0 Å². The van der Waals surface area contributed by atoms with E-state index in [4.69, 9.17) is 4.74 Å². The lowest BCUT2D eigenvalue weighted by molar-refractivity contribution is -0.126. The van der Waals surface area contributed by atoms with Crippen LogP contribution in [0, 0.1) is 5.92 Å². The molecule has 0 radical (unpaired) electrons. The molecule has 7 nitrogen and oxygen atoms in total. The Morgan fingerprint density at radius 2 is 1.79 bits per heavy atom. The van der Waals surface area contributed by atoms with Crippen molar-refractivity contribution in [3.05, 3.63) is 29.8 Å². The lowest BCUT2D eigenvalue weighted by atomic mass is 9.96. The number of sulfonamides is 1. The van der Waals surface area contributed by atoms with Crippen LogP contribution in [0.2, 0.25) is 0 Å². The first-order chi connectivity index (χ1) is 13.9. The molecule has 29 heavy (non-hydrogen) atoms. The van der Waals surface area contributed by atoms with Gasteiger partial charge in [-0.3, -0.25) is 9.69 Å². The first-order valence-electron chi connectivity index (χ1n) is 10.5. The van der Waals surface area contributed by atoms with E-state index in [1.54, 1.807) is 7.11 Å². The minimum atomic E-state index is -3.18. The summed E-state index contributed by atoms with van der Waals surface area (Å²) in [7, 11) is -1.50. The van der Waals surface area contributed by atoms with Gasteiger partial charge in [-0.15, -0.1) is 0 Å². The highest BCUT2D eigenvalue weighted by atomic mass is 32.2. The molecular weight excluding hydrogens is 390 g/mol. The van der Waals surface area contributed by atoms with Crippen LogP contribution < -0.4 is 10.1 Å². The second-order valence-electron chi connectivity index (χ2n) is 8.04. The zero-order valence-electron chi connectivity index (χ0n) is 17.5. The first-order valence-corrected chi connectivity index (χ1v) is 12.3. The van der Waals surface area contributed by atoms with Gasteiger partial charge in [0.25, 0.3) is 0 Å². The summed E-state index contributed by atoms with van der Waals surface area (Å²) < 4.78 is 30.4. The van der Waals surface area contributed by atoms with Crippen molar-refractivity contribution in [3.63, 3.8) is 0 Å². The SMILES string of the molecule is COc1ccccc1C(CNC(=O)C1CCN(S(C)(=O)=O)CC1)N1CCCCC1. The fraction of sp³-hybridized carbons (Fsp3) is 0.667. The van der Waals surface area contributed by atoms with Crippen molar-refractivity contribution in [3.8, 4) is 5.75 Å². The van der Waals surface area contributed by atoms with Gasteiger partial charge in [0.05, 0.1) is 19.4 Å². The molecule has 2 saturated heterocycles. The van der Waals surface area contributed by atoms with Crippen molar-refractivity contribution in [1.82, 2.24) is 14.5 Å². The largest absolute Gasteiger partial charge is 0.496 e. The number of rotatable bonds is 7. The van der Waals surface area contributed by atoms with Crippen LogP contribution in [-0.2, 0) is 14.8 Å². The van der Waals surface area contributed by atoms with Crippen LogP contribution in [0.5, 0.6) is 5.75 Å². The summed E-state index contributed by atoms with van der Waals surface area (Å²) in [6, 6.07) is 8.09. The number of benzene rings is 1. The molecule has 2 fully saturated rings. The zero-order chi connectivity index (χ0) is 20.9. The van der Waals surface area contributed by atoms with Gasteiger partial charge in [0, 0.05) is 31.1 Å². The Kier molecular flexibility index (Phi) is 7.54. The van der Waals surface area contributed by atoms with Gasteiger partial charge in [-0.05, 0) is 44.8 Å². The lowest BCUT2D eigenvalue weighted by Gasteiger charge is -2.36. The summed E-state index contributed by atoms with van der Waals surface area (Å²) >= 11 is 0. The fourth-order valence-corrected chi connectivity index (χ4v) is 5.27. The predicted molar refractivity (Wildman–Crippen MR) is 113 cm³/mol. The van der Waals surface area contributed by atoms with Crippen LogP contribution >= 0.6 is 0 Å². The molecule has 1 aromatic rings. The topological polar surface area (TPSA) is 79.0 Å².